The lowest BCUT2D eigenvalue weighted by molar-refractivity contribution is 0.304. The fourth-order valence-corrected chi connectivity index (χ4v) is 1.26. The van der Waals surface area contributed by atoms with Gasteiger partial charge in [0, 0.05) is 7.05 Å². The molecule has 0 bridgehead atoms. The van der Waals surface area contributed by atoms with E-state index in [-0.39, 0.29) is 0 Å². The van der Waals surface area contributed by atoms with Crippen LogP contribution in [0.15, 0.2) is 18.2 Å². The predicted molar refractivity (Wildman–Crippen MR) is 54.4 cm³/mol. The van der Waals surface area contributed by atoms with E-state index in [1.807, 2.05) is 13.1 Å². The molecule has 1 aliphatic carbocycles. The van der Waals surface area contributed by atoms with Crippen LogP contribution < -0.4 is 10.1 Å². The Hall–Kier alpha value is -1.69. The third-order valence-electron chi connectivity index (χ3n) is 2.20. The molecule has 0 amide bonds. The lowest BCUT2D eigenvalue weighted by atomic mass is 10.2. The number of ether oxygens (including phenoxy) is 1. The van der Waals surface area contributed by atoms with Crippen molar-refractivity contribution in [1.82, 2.24) is 0 Å². The van der Waals surface area contributed by atoms with Crippen molar-refractivity contribution >= 4 is 5.69 Å². The van der Waals surface area contributed by atoms with Crippen molar-refractivity contribution in [2.45, 2.75) is 18.9 Å². The van der Waals surface area contributed by atoms with E-state index in [1.54, 1.807) is 12.1 Å². The summed E-state index contributed by atoms with van der Waals surface area (Å²) in [6.07, 6.45) is 2.67. The molecule has 0 aliphatic heterocycles. The fourth-order valence-electron chi connectivity index (χ4n) is 1.26. The molecule has 0 atom stereocenters. The topological polar surface area (TPSA) is 45.0 Å². The van der Waals surface area contributed by atoms with Gasteiger partial charge in [0.25, 0.3) is 0 Å². The smallest absolute Gasteiger partial charge is 0.142 e. The van der Waals surface area contributed by atoms with Crippen LogP contribution in [0.5, 0.6) is 5.75 Å². The van der Waals surface area contributed by atoms with E-state index in [0.29, 0.717) is 11.7 Å². The number of nitrogens with zero attached hydrogens (tertiary/aromatic N) is 1. The summed E-state index contributed by atoms with van der Waals surface area (Å²) in [4.78, 5) is 0. The molecule has 0 radical (unpaired) electrons. The van der Waals surface area contributed by atoms with Gasteiger partial charge >= 0.3 is 0 Å². The van der Waals surface area contributed by atoms with Gasteiger partial charge in [-0.25, -0.2) is 0 Å². The molecule has 1 aromatic carbocycles. The summed E-state index contributed by atoms with van der Waals surface area (Å²) in [5, 5.41) is 11.8. The van der Waals surface area contributed by atoms with E-state index in [4.69, 9.17) is 10.00 Å². The molecule has 1 aromatic rings. The molecule has 14 heavy (non-hydrogen) atoms. The lowest BCUT2D eigenvalue weighted by Gasteiger charge is -2.10. The first kappa shape index (κ1) is 8.89. The second-order valence-corrected chi connectivity index (χ2v) is 3.39. The van der Waals surface area contributed by atoms with E-state index in [9.17, 15) is 0 Å². The minimum Gasteiger partial charge on any atom is -0.488 e. The van der Waals surface area contributed by atoms with Gasteiger partial charge in [-0.2, -0.15) is 5.26 Å². The molecule has 0 saturated heterocycles. The summed E-state index contributed by atoms with van der Waals surface area (Å²) in [6, 6.07) is 7.53. The number of hydrogen-bond donors (Lipinski definition) is 1. The minimum absolute atomic E-state index is 0.384. The highest BCUT2D eigenvalue weighted by molar-refractivity contribution is 5.59. The summed E-state index contributed by atoms with van der Waals surface area (Å²) in [6.45, 7) is 0. The molecular weight excluding hydrogens is 176 g/mol. The van der Waals surface area contributed by atoms with Gasteiger partial charge in [0.05, 0.1) is 23.4 Å². The van der Waals surface area contributed by atoms with Gasteiger partial charge in [-0.05, 0) is 31.0 Å². The molecule has 1 fully saturated rings. The van der Waals surface area contributed by atoms with Gasteiger partial charge in [0.1, 0.15) is 5.75 Å². The Kier molecular flexibility index (Phi) is 2.28. The molecular formula is C11H12N2O. The Labute approximate surface area is 83.3 Å². The predicted octanol–water partition coefficient (Wildman–Crippen LogP) is 2.14. The highest BCUT2D eigenvalue weighted by Gasteiger charge is 2.24. The van der Waals surface area contributed by atoms with E-state index in [0.717, 1.165) is 24.3 Å². The summed E-state index contributed by atoms with van der Waals surface area (Å²) >= 11 is 0. The number of rotatable bonds is 3. The molecule has 1 aliphatic rings. The van der Waals surface area contributed by atoms with Crippen molar-refractivity contribution in [2.24, 2.45) is 0 Å². The first-order valence-corrected chi connectivity index (χ1v) is 4.72. The standard InChI is InChI=1S/C11H12N2O/c1-13-10-6-8(7-12)2-5-11(10)14-9-3-4-9/h2,5-6,9,13H,3-4H2,1H3. The van der Waals surface area contributed by atoms with Crippen LogP contribution in [0.4, 0.5) is 5.69 Å². The van der Waals surface area contributed by atoms with E-state index >= 15 is 0 Å². The van der Waals surface area contributed by atoms with Gasteiger partial charge in [-0.1, -0.05) is 0 Å². The molecule has 2 rings (SSSR count). The Balaban J connectivity index is 2.25. The van der Waals surface area contributed by atoms with Crippen molar-refractivity contribution in [2.75, 3.05) is 12.4 Å². The Morgan fingerprint density at radius 2 is 2.29 bits per heavy atom. The summed E-state index contributed by atoms with van der Waals surface area (Å²) < 4.78 is 5.67. The van der Waals surface area contributed by atoms with Gasteiger partial charge in [-0.15, -0.1) is 0 Å². The average molecular weight is 188 g/mol. The van der Waals surface area contributed by atoms with Crippen LogP contribution in [-0.2, 0) is 0 Å². The summed E-state index contributed by atoms with van der Waals surface area (Å²) in [5.74, 6) is 0.842. The van der Waals surface area contributed by atoms with Gasteiger partial charge < -0.3 is 10.1 Å². The molecule has 3 nitrogen and oxygen atoms in total. The fraction of sp³-hybridized carbons (Fsp3) is 0.364. The van der Waals surface area contributed by atoms with Crippen LogP contribution in [0.25, 0.3) is 0 Å². The molecule has 0 heterocycles. The first-order valence-electron chi connectivity index (χ1n) is 4.72. The molecule has 0 spiro atoms. The maximum Gasteiger partial charge on any atom is 0.142 e. The van der Waals surface area contributed by atoms with Crippen LogP contribution in [0.1, 0.15) is 18.4 Å². The highest BCUT2D eigenvalue weighted by Crippen LogP contribution is 2.32. The SMILES string of the molecule is CNc1cc(C#N)ccc1OC1CC1. The number of nitriles is 1. The lowest BCUT2D eigenvalue weighted by Crippen LogP contribution is -2.00. The van der Waals surface area contributed by atoms with Crippen LogP contribution in [0.3, 0.4) is 0 Å². The number of nitrogens with one attached hydrogen (secondary N) is 1. The molecule has 1 saturated carbocycles. The van der Waals surface area contributed by atoms with Crippen molar-refractivity contribution < 1.29 is 4.74 Å². The van der Waals surface area contributed by atoms with E-state index in [1.165, 1.54) is 0 Å². The average Bonchev–Trinajstić information content (AvgIpc) is 3.02. The quantitative estimate of drug-likeness (QED) is 0.790. The Bertz CT molecular complexity index is 377. The zero-order chi connectivity index (χ0) is 9.97. The normalized spacial score (nSPS) is 14.6. The summed E-state index contributed by atoms with van der Waals surface area (Å²) in [5.41, 5.74) is 1.54. The third-order valence-corrected chi connectivity index (χ3v) is 2.20. The second kappa shape index (κ2) is 3.59. The largest absolute Gasteiger partial charge is 0.488 e. The molecule has 72 valence electrons. The van der Waals surface area contributed by atoms with Crippen molar-refractivity contribution in [3.8, 4) is 11.8 Å². The third kappa shape index (κ3) is 1.80. The van der Waals surface area contributed by atoms with Crippen LogP contribution in [0.2, 0.25) is 0 Å². The van der Waals surface area contributed by atoms with E-state index in [2.05, 4.69) is 11.4 Å². The Morgan fingerprint density at radius 3 is 2.86 bits per heavy atom. The number of anilines is 1. The first-order chi connectivity index (χ1) is 6.83. The molecule has 0 aromatic heterocycles. The zero-order valence-electron chi connectivity index (χ0n) is 8.08. The Morgan fingerprint density at radius 1 is 1.50 bits per heavy atom. The molecule has 1 N–H and O–H groups in total. The minimum atomic E-state index is 0.384. The highest BCUT2D eigenvalue weighted by atomic mass is 16.5. The van der Waals surface area contributed by atoms with Gasteiger partial charge in [0.15, 0.2) is 0 Å². The van der Waals surface area contributed by atoms with Crippen LogP contribution in [0, 0.1) is 11.3 Å². The summed E-state index contributed by atoms with van der Waals surface area (Å²) in [7, 11) is 1.83. The van der Waals surface area contributed by atoms with E-state index < -0.39 is 0 Å². The van der Waals surface area contributed by atoms with Crippen LogP contribution in [-0.4, -0.2) is 13.2 Å². The molecule has 3 heteroatoms. The number of benzene rings is 1. The van der Waals surface area contributed by atoms with Crippen molar-refractivity contribution in [1.29, 1.82) is 5.26 Å². The van der Waals surface area contributed by atoms with Gasteiger partial charge in [0.2, 0.25) is 0 Å². The number of hydrogen-bond acceptors (Lipinski definition) is 3. The second-order valence-electron chi connectivity index (χ2n) is 3.39. The maximum absolute atomic E-state index is 8.72. The molecule has 0 unspecified atom stereocenters. The maximum atomic E-state index is 8.72. The van der Waals surface area contributed by atoms with Crippen molar-refractivity contribution in [3.63, 3.8) is 0 Å². The monoisotopic (exact) mass is 188 g/mol. The van der Waals surface area contributed by atoms with Crippen molar-refractivity contribution in [3.05, 3.63) is 23.8 Å². The van der Waals surface area contributed by atoms with Crippen LogP contribution >= 0.6 is 0 Å². The van der Waals surface area contributed by atoms with Gasteiger partial charge in [-0.3, -0.25) is 0 Å². The zero-order valence-corrected chi connectivity index (χ0v) is 8.08.